The van der Waals surface area contributed by atoms with Crippen molar-refractivity contribution in [3.63, 3.8) is 0 Å². The van der Waals surface area contributed by atoms with Gasteiger partial charge >= 0.3 is 0 Å². The molecule has 0 spiro atoms. The van der Waals surface area contributed by atoms with Gasteiger partial charge in [-0.1, -0.05) is 115 Å². The normalized spacial score (nSPS) is 11.7. The van der Waals surface area contributed by atoms with Crippen LogP contribution >= 0.6 is 22.7 Å². The van der Waals surface area contributed by atoms with Gasteiger partial charge in [0.05, 0.1) is 0 Å². The van der Waals surface area contributed by atoms with Gasteiger partial charge in [0.15, 0.2) is 0 Å². The monoisotopic (exact) mass is 659 g/mol. The Morgan fingerprint density at radius 3 is 1.67 bits per heavy atom. The zero-order valence-electron chi connectivity index (χ0n) is 26.5. The number of nitrogens with zero attached hydrogens (tertiary/aromatic N) is 1. The van der Waals surface area contributed by atoms with E-state index in [9.17, 15) is 0 Å². The summed E-state index contributed by atoms with van der Waals surface area (Å²) in [6.07, 6.45) is 0. The standard InChI is InChI=1S/C46H29NS2/c1-2-9-30(10-3-1)31-17-22-35(23-18-31)47(37-26-21-33-28-42-40-12-5-6-15-43(40)48-45(42)29-34(33)27-37)36-24-19-32(20-25-36)38-13-8-14-41-39-11-4-7-16-44(39)49-46(38)41/h1-29H. The van der Waals surface area contributed by atoms with Crippen molar-refractivity contribution >= 4 is 90.9 Å². The van der Waals surface area contributed by atoms with E-state index in [0.29, 0.717) is 0 Å². The molecule has 10 aromatic rings. The van der Waals surface area contributed by atoms with Crippen LogP contribution in [0.2, 0.25) is 0 Å². The van der Waals surface area contributed by atoms with Crippen molar-refractivity contribution in [1.29, 1.82) is 0 Å². The average molecular weight is 660 g/mol. The lowest BCUT2D eigenvalue weighted by molar-refractivity contribution is 1.29. The molecule has 0 aliphatic heterocycles. The summed E-state index contributed by atoms with van der Waals surface area (Å²) in [4.78, 5) is 2.38. The van der Waals surface area contributed by atoms with Gasteiger partial charge in [-0.3, -0.25) is 0 Å². The first-order chi connectivity index (χ1) is 24.3. The molecule has 0 bridgehead atoms. The molecule has 0 aliphatic carbocycles. The summed E-state index contributed by atoms with van der Waals surface area (Å²) in [5.74, 6) is 0. The molecule has 0 saturated heterocycles. The van der Waals surface area contributed by atoms with E-state index < -0.39 is 0 Å². The van der Waals surface area contributed by atoms with Gasteiger partial charge in [-0.15, -0.1) is 22.7 Å². The van der Waals surface area contributed by atoms with E-state index in [1.165, 1.54) is 73.4 Å². The molecule has 230 valence electrons. The molecule has 0 atom stereocenters. The maximum absolute atomic E-state index is 2.38. The molecule has 1 nitrogen and oxygen atoms in total. The van der Waals surface area contributed by atoms with Crippen molar-refractivity contribution in [2.45, 2.75) is 0 Å². The largest absolute Gasteiger partial charge is 0.310 e. The highest BCUT2D eigenvalue weighted by molar-refractivity contribution is 7.26. The van der Waals surface area contributed by atoms with E-state index in [0.717, 1.165) is 17.1 Å². The molecule has 0 fully saturated rings. The van der Waals surface area contributed by atoms with Crippen LogP contribution in [0.5, 0.6) is 0 Å². The molecular formula is C46H29NS2. The molecule has 2 heterocycles. The molecule has 0 aliphatic rings. The first kappa shape index (κ1) is 28.3. The van der Waals surface area contributed by atoms with Crippen molar-refractivity contribution in [3.8, 4) is 22.3 Å². The van der Waals surface area contributed by atoms with Crippen LogP contribution in [-0.2, 0) is 0 Å². The molecule has 0 saturated carbocycles. The molecule has 0 unspecified atom stereocenters. The Bertz CT molecular complexity index is 2810. The zero-order chi connectivity index (χ0) is 32.3. The quantitative estimate of drug-likeness (QED) is 0.178. The van der Waals surface area contributed by atoms with Gasteiger partial charge in [0.1, 0.15) is 0 Å². The Hall–Kier alpha value is -5.74. The van der Waals surface area contributed by atoms with Crippen LogP contribution in [0.1, 0.15) is 0 Å². The summed E-state index contributed by atoms with van der Waals surface area (Å²) in [6, 6.07) is 64.4. The maximum atomic E-state index is 2.38. The number of fused-ring (bicyclic) bond motifs is 7. The second-order valence-corrected chi connectivity index (χ2v) is 14.7. The topological polar surface area (TPSA) is 3.24 Å². The van der Waals surface area contributed by atoms with E-state index in [2.05, 4.69) is 181 Å². The minimum absolute atomic E-state index is 1.13. The van der Waals surface area contributed by atoms with Crippen LogP contribution in [-0.4, -0.2) is 0 Å². The molecule has 49 heavy (non-hydrogen) atoms. The fourth-order valence-corrected chi connectivity index (χ4v) is 9.61. The lowest BCUT2D eigenvalue weighted by Crippen LogP contribution is -2.09. The van der Waals surface area contributed by atoms with Gasteiger partial charge in [-0.2, -0.15) is 0 Å². The minimum atomic E-state index is 1.13. The Balaban J connectivity index is 1.10. The molecule has 2 aromatic heterocycles. The van der Waals surface area contributed by atoms with Gasteiger partial charge < -0.3 is 4.90 Å². The predicted octanol–water partition coefficient (Wildman–Crippen LogP) is 14.4. The smallest absolute Gasteiger partial charge is 0.0468 e. The lowest BCUT2D eigenvalue weighted by Gasteiger charge is -2.26. The molecular weight excluding hydrogens is 631 g/mol. The second-order valence-electron chi connectivity index (χ2n) is 12.6. The van der Waals surface area contributed by atoms with E-state index in [-0.39, 0.29) is 0 Å². The summed E-state index contributed by atoms with van der Waals surface area (Å²) in [6.45, 7) is 0. The SMILES string of the molecule is c1ccc(-c2ccc(N(c3ccc(-c4cccc5c4sc4ccccc45)cc3)c3ccc4cc5c(cc4c3)sc3ccccc35)cc2)cc1. The van der Waals surface area contributed by atoms with Crippen LogP contribution in [0.3, 0.4) is 0 Å². The third kappa shape index (κ3) is 4.82. The summed E-state index contributed by atoms with van der Waals surface area (Å²) in [5, 5.41) is 7.82. The fourth-order valence-electron chi connectivity index (χ4n) is 7.24. The predicted molar refractivity (Wildman–Crippen MR) is 215 cm³/mol. The highest BCUT2D eigenvalue weighted by Gasteiger charge is 2.16. The zero-order valence-corrected chi connectivity index (χ0v) is 28.1. The van der Waals surface area contributed by atoms with E-state index >= 15 is 0 Å². The Kier molecular flexibility index (Phi) is 6.61. The Morgan fingerprint density at radius 1 is 0.327 bits per heavy atom. The summed E-state index contributed by atoms with van der Waals surface area (Å²) in [7, 11) is 0. The van der Waals surface area contributed by atoms with E-state index in [1.807, 2.05) is 22.7 Å². The van der Waals surface area contributed by atoms with E-state index in [4.69, 9.17) is 0 Å². The average Bonchev–Trinajstić information content (AvgIpc) is 3.73. The number of thiophene rings is 2. The summed E-state index contributed by atoms with van der Waals surface area (Å²) < 4.78 is 5.33. The van der Waals surface area contributed by atoms with Crippen molar-refractivity contribution in [1.82, 2.24) is 0 Å². The van der Waals surface area contributed by atoms with E-state index in [1.54, 1.807) is 0 Å². The van der Waals surface area contributed by atoms with Gasteiger partial charge in [0, 0.05) is 57.4 Å². The molecule has 10 rings (SSSR count). The van der Waals surface area contributed by atoms with Crippen LogP contribution in [0.4, 0.5) is 17.1 Å². The van der Waals surface area contributed by atoms with Gasteiger partial charge in [0.2, 0.25) is 0 Å². The molecule has 0 amide bonds. The van der Waals surface area contributed by atoms with Crippen molar-refractivity contribution in [3.05, 3.63) is 176 Å². The minimum Gasteiger partial charge on any atom is -0.310 e. The molecule has 8 aromatic carbocycles. The molecule has 0 radical (unpaired) electrons. The third-order valence-corrected chi connectivity index (χ3v) is 12.0. The first-order valence-electron chi connectivity index (χ1n) is 16.6. The summed E-state index contributed by atoms with van der Waals surface area (Å²) >= 11 is 3.75. The highest BCUT2D eigenvalue weighted by Crippen LogP contribution is 2.43. The van der Waals surface area contributed by atoms with Crippen LogP contribution in [0.25, 0.3) is 73.4 Å². The van der Waals surface area contributed by atoms with Crippen molar-refractivity contribution in [2.75, 3.05) is 4.90 Å². The molecule has 3 heteroatoms. The Labute approximate surface area is 292 Å². The third-order valence-electron chi connectivity index (χ3n) is 9.65. The number of hydrogen-bond acceptors (Lipinski definition) is 3. The van der Waals surface area contributed by atoms with Crippen molar-refractivity contribution < 1.29 is 0 Å². The van der Waals surface area contributed by atoms with Crippen LogP contribution in [0.15, 0.2) is 176 Å². The number of benzene rings is 8. The lowest BCUT2D eigenvalue weighted by atomic mass is 10.0. The summed E-state index contributed by atoms with van der Waals surface area (Å²) in [5.41, 5.74) is 8.33. The van der Waals surface area contributed by atoms with Gasteiger partial charge in [-0.25, -0.2) is 0 Å². The first-order valence-corrected chi connectivity index (χ1v) is 18.2. The number of rotatable bonds is 5. The Morgan fingerprint density at radius 2 is 0.918 bits per heavy atom. The fraction of sp³-hybridized carbons (Fsp3) is 0. The van der Waals surface area contributed by atoms with Gasteiger partial charge in [0.25, 0.3) is 0 Å². The van der Waals surface area contributed by atoms with Gasteiger partial charge in [-0.05, 0) is 93.7 Å². The maximum Gasteiger partial charge on any atom is 0.0468 e. The van der Waals surface area contributed by atoms with Crippen molar-refractivity contribution in [2.24, 2.45) is 0 Å². The number of anilines is 3. The second kappa shape index (κ2) is 11.5. The molecule has 0 N–H and O–H groups in total. The number of hydrogen-bond donors (Lipinski definition) is 0. The van der Waals surface area contributed by atoms with Crippen LogP contribution in [0, 0.1) is 0 Å². The van der Waals surface area contributed by atoms with Crippen LogP contribution < -0.4 is 4.90 Å². The highest BCUT2D eigenvalue weighted by atomic mass is 32.1.